The molecular weight excluding hydrogens is 456 g/mol. The van der Waals surface area contributed by atoms with Crippen LogP contribution in [0, 0.1) is 12.3 Å². The van der Waals surface area contributed by atoms with Gasteiger partial charge in [0, 0.05) is 5.56 Å². The normalized spacial score (nSPS) is 11.4. The van der Waals surface area contributed by atoms with Crippen molar-refractivity contribution in [1.29, 1.82) is 0 Å². The summed E-state index contributed by atoms with van der Waals surface area (Å²) in [5.74, 6) is 1.47. The second-order valence-electron chi connectivity index (χ2n) is 9.69. The smallest absolute Gasteiger partial charge is 0.314 e. The van der Waals surface area contributed by atoms with Gasteiger partial charge < -0.3 is 18.9 Å². The van der Waals surface area contributed by atoms with E-state index in [4.69, 9.17) is 18.9 Å². The maximum Gasteiger partial charge on any atom is 0.314 e. The average molecular weight is 497 g/mol. The highest BCUT2D eigenvalue weighted by Crippen LogP contribution is 2.34. The quantitative estimate of drug-likeness (QED) is 0.0907. The number of hydrogen-bond donors (Lipinski definition) is 0. The molecule has 2 aromatic rings. The minimum Gasteiger partial charge on any atom is -0.493 e. The predicted molar refractivity (Wildman–Crippen MR) is 143 cm³/mol. The molecule has 0 spiro atoms. The van der Waals surface area contributed by atoms with Gasteiger partial charge in [0.25, 0.3) is 0 Å². The maximum atomic E-state index is 12.9. The van der Waals surface area contributed by atoms with Crippen LogP contribution in [0.5, 0.6) is 17.2 Å². The number of allylic oxidation sites excluding steroid dienone is 1. The molecule has 0 amide bonds. The summed E-state index contributed by atoms with van der Waals surface area (Å²) in [4.78, 5) is 24.7. The number of esters is 1. The molecule has 0 N–H and O–H groups in total. The van der Waals surface area contributed by atoms with Gasteiger partial charge in [-0.2, -0.15) is 0 Å². The van der Waals surface area contributed by atoms with Crippen LogP contribution < -0.4 is 14.2 Å². The van der Waals surface area contributed by atoms with Crippen molar-refractivity contribution in [3.8, 4) is 17.2 Å². The second-order valence-corrected chi connectivity index (χ2v) is 9.69. The number of rotatable bonds is 14. The third kappa shape index (κ3) is 9.06. The van der Waals surface area contributed by atoms with Gasteiger partial charge >= 0.3 is 5.97 Å². The van der Waals surface area contributed by atoms with Crippen LogP contribution in [0.3, 0.4) is 0 Å². The van der Waals surface area contributed by atoms with Gasteiger partial charge in [-0.1, -0.05) is 32.8 Å². The van der Waals surface area contributed by atoms with E-state index in [9.17, 15) is 9.59 Å². The van der Waals surface area contributed by atoms with E-state index in [1.165, 1.54) is 6.08 Å². The summed E-state index contributed by atoms with van der Waals surface area (Å²) >= 11 is 0. The number of unbranched alkanes of at least 4 members (excludes halogenated alkanes) is 2. The zero-order valence-electron chi connectivity index (χ0n) is 22.5. The minimum atomic E-state index is -0.592. The molecule has 0 aliphatic heterocycles. The zero-order valence-corrected chi connectivity index (χ0v) is 22.5. The molecule has 0 saturated carbocycles. The Morgan fingerprint density at radius 3 is 2.11 bits per heavy atom. The summed E-state index contributed by atoms with van der Waals surface area (Å²) in [6.07, 6.45) is 7.28. The molecule has 0 aromatic heterocycles. The Hall–Kier alpha value is -3.28. The standard InChI is InChI=1S/C30H40O6/c1-7-9-19-33-27-18-11-22(3)28(34-20-10-8-2)25(27)16-17-26(31)23-12-14-24(15-13-23)35-21-36-29(32)30(4,5)6/h11-18H,7-10,19-21H2,1-6H3. The van der Waals surface area contributed by atoms with E-state index in [-0.39, 0.29) is 18.5 Å². The van der Waals surface area contributed by atoms with Crippen molar-refractivity contribution in [2.24, 2.45) is 5.41 Å². The van der Waals surface area contributed by atoms with E-state index in [1.54, 1.807) is 51.1 Å². The molecule has 36 heavy (non-hydrogen) atoms. The Kier molecular flexibility index (Phi) is 11.5. The highest BCUT2D eigenvalue weighted by molar-refractivity contribution is 6.07. The molecule has 2 aromatic carbocycles. The minimum absolute atomic E-state index is 0.152. The first kappa shape index (κ1) is 29.0. The van der Waals surface area contributed by atoms with Crippen LogP contribution in [0.1, 0.15) is 81.8 Å². The molecule has 0 bridgehead atoms. The lowest BCUT2D eigenvalue weighted by molar-refractivity contribution is -0.159. The Labute approximate surface area is 215 Å². The highest BCUT2D eigenvalue weighted by atomic mass is 16.7. The molecule has 0 saturated heterocycles. The summed E-state index contributed by atoms with van der Waals surface area (Å²) in [7, 11) is 0. The molecule has 2 rings (SSSR count). The van der Waals surface area contributed by atoms with Gasteiger partial charge in [-0.25, -0.2) is 0 Å². The van der Waals surface area contributed by atoms with Gasteiger partial charge in [0.2, 0.25) is 6.79 Å². The van der Waals surface area contributed by atoms with Crippen LogP contribution in [0.4, 0.5) is 0 Å². The Balaban J connectivity index is 2.13. The fourth-order valence-corrected chi connectivity index (χ4v) is 3.15. The Bertz CT molecular complexity index is 1010. The maximum absolute atomic E-state index is 12.9. The number of benzene rings is 2. The lowest BCUT2D eigenvalue weighted by Gasteiger charge is -2.16. The van der Waals surface area contributed by atoms with E-state index >= 15 is 0 Å². The number of ether oxygens (including phenoxy) is 4. The molecule has 0 aliphatic rings. The number of carbonyl (C=O) groups is 2. The van der Waals surface area contributed by atoms with Gasteiger partial charge in [-0.05, 0) is 88.6 Å². The first-order chi connectivity index (χ1) is 17.2. The molecule has 0 fully saturated rings. The number of aryl methyl sites for hydroxylation is 1. The third-order valence-corrected chi connectivity index (χ3v) is 5.42. The molecular formula is C30H40O6. The fraction of sp³-hybridized carbons (Fsp3) is 0.467. The van der Waals surface area contributed by atoms with Crippen molar-refractivity contribution in [3.63, 3.8) is 0 Å². The van der Waals surface area contributed by atoms with Crippen molar-refractivity contribution in [2.45, 2.75) is 67.2 Å². The summed E-state index contributed by atoms with van der Waals surface area (Å²) < 4.78 is 22.7. The zero-order chi connectivity index (χ0) is 26.6. The molecule has 0 atom stereocenters. The molecule has 0 unspecified atom stereocenters. The summed E-state index contributed by atoms with van der Waals surface area (Å²) in [6.45, 7) is 12.6. The van der Waals surface area contributed by atoms with Gasteiger partial charge in [0.1, 0.15) is 17.2 Å². The molecule has 0 aliphatic carbocycles. The van der Waals surface area contributed by atoms with Crippen LogP contribution in [-0.2, 0) is 9.53 Å². The Morgan fingerprint density at radius 1 is 0.861 bits per heavy atom. The summed E-state index contributed by atoms with van der Waals surface area (Å²) in [6, 6.07) is 10.6. The number of ketones is 1. The lowest BCUT2D eigenvalue weighted by atomic mass is 9.98. The molecule has 6 nitrogen and oxygen atoms in total. The van der Waals surface area contributed by atoms with Crippen LogP contribution in [-0.4, -0.2) is 31.8 Å². The second kappa shape index (κ2) is 14.3. The summed E-state index contributed by atoms with van der Waals surface area (Å²) in [5.41, 5.74) is 1.69. The molecule has 6 heteroatoms. The van der Waals surface area contributed by atoms with Crippen molar-refractivity contribution in [2.75, 3.05) is 20.0 Å². The highest BCUT2D eigenvalue weighted by Gasteiger charge is 2.23. The number of carbonyl (C=O) groups excluding carboxylic acids is 2. The SMILES string of the molecule is CCCCOc1ccc(C)c(OCCCC)c1C=CC(=O)c1ccc(OCOC(=O)C(C)(C)C)cc1. The van der Waals surface area contributed by atoms with E-state index in [0.717, 1.165) is 42.6 Å². The van der Waals surface area contributed by atoms with Gasteiger partial charge in [0.15, 0.2) is 5.78 Å². The van der Waals surface area contributed by atoms with Crippen molar-refractivity contribution >= 4 is 17.8 Å². The number of hydrogen-bond acceptors (Lipinski definition) is 6. The Morgan fingerprint density at radius 2 is 1.50 bits per heavy atom. The van der Waals surface area contributed by atoms with Gasteiger partial charge in [-0.3, -0.25) is 9.59 Å². The van der Waals surface area contributed by atoms with Crippen LogP contribution in [0.2, 0.25) is 0 Å². The van der Waals surface area contributed by atoms with Crippen LogP contribution >= 0.6 is 0 Å². The topological polar surface area (TPSA) is 71.1 Å². The average Bonchev–Trinajstić information content (AvgIpc) is 2.84. The van der Waals surface area contributed by atoms with E-state index in [2.05, 4.69) is 13.8 Å². The van der Waals surface area contributed by atoms with E-state index in [0.29, 0.717) is 30.3 Å². The van der Waals surface area contributed by atoms with Crippen molar-refractivity contribution < 1.29 is 28.5 Å². The lowest BCUT2D eigenvalue weighted by Crippen LogP contribution is -2.24. The van der Waals surface area contributed by atoms with Crippen molar-refractivity contribution in [1.82, 2.24) is 0 Å². The first-order valence-electron chi connectivity index (χ1n) is 12.7. The first-order valence-corrected chi connectivity index (χ1v) is 12.7. The van der Waals surface area contributed by atoms with Crippen LogP contribution in [0.15, 0.2) is 42.5 Å². The monoisotopic (exact) mass is 496 g/mol. The largest absolute Gasteiger partial charge is 0.493 e. The van der Waals surface area contributed by atoms with Crippen molar-refractivity contribution in [3.05, 3.63) is 59.2 Å². The molecule has 0 radical (unpaired) electrons. The third-order valence-electron chi connectivity index (χ3n) is 5.42. The summed E-state index contributed by atoms with van der Waals surface area (Å²) in [5, 5.41) is 0. The predicted octanol–water partition coefficient (Wildman–Crippen LogP) is 7.17. The van der Waals surface area contributed by atoms with Crippen LogP contribution in [0.25, 0.3) is 6.08 Å². The van der Waals surface area contributed by atoms with E-state index < -0.39 is 5.41 Å². The van der Waals surface area contributed by atoms with Gasteiger partial charge in [-0.15, -0.1) is 0 Å². The van der Waals surface area contributed by atoms with Gasteiger partial charge in [0.05, 0.1) is 24.2 Å². The molecule has 0 heterocycles. The fourth-order valence-electron chi connectivity index (χ4n) is 3.15. The molecule has 196 valence electrons. The van der Waals surface area contributed by atoms with E-state index in [1.807, 2.05) is 19.1 Å².